The van der Waals surface area contributed by atoms with Gasteiger partial charge in [0.05, 0.1) is 6.10 Å². The van der Waals surface area contributed by atoms with Gasteiger partial charge in [-0.05, 0) is 29.5 Å². The molecule has 1 nitrogen and oxygen atoms in total. The molecule has 0 aliphatic heterocycles. The fourth-order valence-corrected chi connectivity index (χ4v) is 2.45. The van der Waals surface area contributed by atoms with Gasteiger partial charge in [0.1, 0.15) is 0 Å². The van der Waals surface area contributed by atoms with Crippen molar-refractivity contribution >= 4 is 27.7 Å². The van der Waals surface area contributed by atoms with Crippen LogP contribution in [0.1, 0.15) is 11.7 Å². The molecule has 90 valence electrons. The molecule has 1 aromatic rings. The summed E-state index contributed by atoms with van der Waals surface area (Å²) in [5.74, 6) is 0. The van der Waals surface area contributed by atoms with E-state index in [1.165, 1.54) is 19.2 Å². The van der Waals surface area contributed by atoms with Crippen LogP contribution in [0.25, 0.3) is 0 Å². The van der Waals surface area contributed by atoms with Crippen molar-refractivity contribution in [2.75, 3.05) is 12.4 Å². The lowest BCUT2D eigenvalue weighted by Crippen LogP contribution is -2.03. The molecule has 0 radical (unpaired) electrons. The first-order valence-corrected chi connectivity index (χ1v) is 6.34. The Hall–Kier alpha value is -0.200. The van der Waals surface area contributed by atoms with Crippen molar-refractivity contribution in [1.29, 1.82) is 0 Å². The molecule has 0 aliphatic rings. The number of methoxy groups -OCH3 is 1. The maximum absolute atomic E-state index is 12.2. The summed E-state index contributed by atoms with van der Waals surface area (Å²) < 4.78 is 41.6. The number of hydrogen-bond acceptors (Lipinski definition) is 2. The van der Waals surface area contributed by atoms with E-state index in [9.17, 15) is 13.2 Å². The first-order chi connectivity index (χ1) is 7.46. The van der Waals surface area contributed by atoms with Crippen LogP contribution in [0.5, 0.6) is 0 Å². The highest BCUT2D eigenvalue weighted by atomic mass is 79.9. The number of hydrogen-bond donors (Lipinski definition) is 0. The predicted molar refractivity (Wildman–Crippen MR) is 61.9 cm³/mol. The number of ether oxygens (including phenoxy) is 1. The van der Waals surface area contributed by atoms with Crippen molar-refractivity contribution in [1.82, 2.24) is 0 Å². The second kappa shape index (κ2) is 5.93. The van der Waals surface area contributed by atoms with Crippen molar-refractivity contribution < 1.29 is 17.9 Å². The molecule has 16 heavy (non-hydrogen) atoms. The molecule has 0 amide bonds. The number of halogens is 4. The average Bonchev–Trinajstić information content (AvgIpc) is 2.17. The van der Waals surface area contributed by atoms with Crippen molar-refractivity contribution in [2.45, 2.75) is 16.5 Å². The Morgan fingerprint density at radius 1 is 1.44 bits per heavy atom. The van der Waals surface area contributed by atoms with Crippen LogP contribution in [0.4, 0.5) is 13.2 Å². The Kier molecular flexibility index (Phi) is 5.14. The SMILES string of the molecule is COC(CBr)c1cccc(SC(F)(F)F)c1. The van der Waals surface area contributed by atoms with Crippen LogP contribution in [0.2, 0.25) is 0 Å². The van der Waals surface area contributed by atoms with Gasteiger partial charge in [0, 0.05) is 17.3 Å². The fraction of sp³-hybridized carbons (Fsp3) is 0.400. The summed E-state index contributed by atoms with van der Waals surface area (Å²) in [4.78, 5) is 0.174. The smallest absolute Gasteiger partial charge is 0.376 e. The molecule has 0 heterocycles. The minimum Gasteiger partial charge on any atom is -0.376 e. The first-order valence-electron chi connectivity index (χ1n) is 4.40. The van der Waals surface area contributed by atoms with Crippen LogP contribution in [0, 0.1) is 0 Å². The summed E-state index contributed by atoms with van der Waals surface area (Å²) in [7, 11) is 1.52. The van der Waals surface area contributed by atoms with E-state index in [0.717, 1.165) is 5.56 Å². The molecule has 0 N–H and O–H groups in total. The van der Waals surface area contributed by atoms with Gasteiger partial charge in [0.25, 0.3) is 0 Å². The molecular weight excluding hydrogens is 305 g/mol. The first kappa shape index (κ1) is 13.9. The Morgan fingerprint density at radius 2 is 2.12 bits per heavy atom. The second-order valence-corrected chi connectivity index (χ2v) is 4.78. The van der Waals surface area contributed by atoms with E-state index in [-0.39, 0.29) is 22.8 Å². The molecule has 0 fully saturated rings. The lowest BCUT2D eigenvalue weighted by Gasteiger charge is -2.14. The summed E-state index contributed by atoms with van der Waals surface area (Å²) >= 11 is 3.13. The highest BCUT2D eigenvalue weighted by molar-refractivity contribution is 9.09. The molecule has 1 rings (SSSR count). The van der Waals surface area contributed by atoms with Crippen molar-refractivity contribution in [3.63, 3.8) is 0 Å². The monoisotopic (exact) mass is 314 g/mol. The molecule has 0 bridgehead atoms. The normalized spacial score (nSPS) is 13.8. The molecule has 1 atom stereocenters. The summed E-state index contributed by atoms with van der Waals surface area (Å²) in [5, 5.41) is 0.545. The third kappa shape index (κ3) is 4.35. The largest absolute Gasteiger partial charge is 0.446 e. The zero-order valence-electron chi connectivity index (χ0n) is 8.42. The molecule has 1 unspecified atom stereocenters. The number of benzene rings is 1. The molecule has 6 heteroatoms. The van der Waals surface area contributed by atoms with Crippen LogP contribution in [0.15, 0.2) is 29.2 Å². The zero-order chi connectivity index (χ0) is 12.2. The molecule has 1 aromatic carbocycles. The zero-order valence-corrected chi connectivity index (χ0v) is 10.8. The van der Waals surface area contributed by atoms with Gasteiger partial charge in [0.2, 0.25) is 0 Å². The number of thioether (sulfide) groups is 1. The van der Waals surface area contributed by atoms with Crippen LogP contribution in [0.3, 0.4) is 0 Å². The Morgan fingerprint density at radius 3 is 2.62 bits per heavy atom. The molecular formula is C10H10BrF3OS. The third-order valence-electron chi connectivity index (χ3n) is 1.89. The highest BCUT2D eigenvalue weighted by Gasteiger charge is 2.29. The summed E-state index contributed by atoms with van der Waals surface area (Å²) in [5.41, 5.74) is -3.52. The lowest BCUT2D eigenvalue weighted by molar-refractivity contribution is -0.0328. The van der Waals surface area contributed by atoms with Crippen LogP contribution >= 0.6 is 27.7 Å². The van der Waals surface area contributed by atoms with Crippen LogP contribution in [-0.4, -0.2) is 17.9 Å². The number of alkyl halides is 4. The highest BCUT2D eigenvalue weighted by Crippen LogP contribution is 2.37. The summed E-state index contributed by atoms with van der Waals surface area (Å²) in [6.07, 6.45) is -0.228. The van der Waals surface area contributed by atoms with Gasteiger partial charge in [-0.15, -0.1) is 0 Å². The van der Waals surface area contributed by atoms with E-state index in [4.69, 9.17) is 4.74 Å². The molecule has 0 spiro atoms. The van der Waals surface area contributed by atoms with E-state index in [0.29, 0.717) is 5.33 Å². The maximum Gasteiger partial charge on any atom is 0.446 e. The van der Waals surface area contributed by atoms with Gasteiger partial charge < -0.3 is 4.74 Å². The molecule has 0 aromatic heterocycles. The minimum absolute atomic E-state index is 0.118. The summed E-state index contributed by atoms with van der Waals surface area (Å²) in [6, 6.07) is 6.27. The lowest BCUT2D eigenvalue weighted by atomic mass is 10.1. The van der Waals surface area contributed by atoms with Gasteiger partial charge in [-0.25, -0.2) is 0 Å². The third-order valence-corrected chi connectivity index (χ3v) is 3.20. The molecule has 0 aliphatic carbocycles. The van der Waals surface area contributed by atoms with Crippen molar-refractivity contribution in [3.8, 4) is 0 Å². The van der Waals surface area contributed by atoms with E-state index in [1.807, 2.05) is 0 Å². The number of rotatable bonds is 4. The topological polar surface area (TPSA) is 9.23 Å². The van der Waals surface area contributed by atoms with Crippen molar-refractivity contribution in [2.24, 2.45) is 0 Å². The second-order valence-electron chi connectivity index (χ2n) is 3.00. The Bertz CT molecular complexity index is 339. The quantitative estimate of drug-likeness (QED) is 0.602. The maximum atomic E-state index is 12.2. The van der Waals surface area contributed by atoms with Gasteiger partial charge in [0.15, 0.2) is 0 Å². The van der Waals surface area contributed by atoms with Crippen LogP contribution < -0.4 is 0 Å². The van der Waals surface area contributed by atoms with Gasteiger partial charge in [-0.1, -0.05) is 28.1 Å². The molecule has 0 saturated carbocycles. The van der Waals surface area contributed by atoms with Gasteiger partial charge >= 0.3 is 5.51 Å². The Labute approximate surface area is 104 Å². The standard InChI is InChI=1S/C10H10BrF3OS/c1-15-9(6-11)7-3-2-4-8(5-7)16-10(12,13)14/h2-5,9H,6H2,1H3. The van der Waals surface area contributed by atoms with E-state index in [2.05, 4.69) is 15.9 Å². The molecule has 0 saturated heterocycles. The fourth-order valence-electron chi connectivity index (χ4n) is 1.20. The van der Waals surface area contributed by atoms with Crippen LogP contribution in [-0.2, 0) is 4.74 Å². The van der Waals surface area contributed by atoms with E-state index < -0.39 is 5.51 Å². The minimum atomic E-state index is -4.25. The predicted octanol–water partition coefficient (Wildman–Crippen LogP) is 4.38. The summed E-state index contributed by atoms with van der Waals surface area (Å²) in [6.45, 7) is 0. The van der Waals surface area contributed by atoms with Crippen molar-refractivity contribution in [3.05, 3.63) is 29.8 Å². The van der Waals surface area contributed by atoms with Gasteiger partial charge in [-0.2, -0.15) is 13.2 Å². The van der Waals surface area contributed by atoms with Gasteiger partial charge in [-0.3, -0.25) is 0 Å². The van der Waals surface area contributed by atoms with E-state index in [1.54, 1.807) is 12.1 Å². The average molecular weight is 315 g/mol. The van der Waals surface area contributed by atoms with E-state index >= 15 is 0 Å². The Balaban J connectivity index is 2.86.